The lowest BCUT2D eigenvalue weighted by Crippen LogP contribution is -2.22. The molecule has 21 heavy (non-hydrogen) atoms. The fourth-order valence-electron chi connectivity index (χ4n) is 2.37. The molecular weight excluding hydrogens is 292 g/mol. The quantitative estimate of drug-likeness (QED) is 0.694. The zero-order valence-electron chi connectivity index (χ0n) is 11.1. The Labute approximate surface area is 126 Å². The van der Waals surface area contributed by atoms with Gasteiger partial charge in [0.25, 0.3) is 5.69 Å². The molecule has 0 aromatic heterocycles. The van der Waals surface area contributed by atoms with Gasteiger partial charge in [0, 0.05) is 29.3 Å². The Morgan fingerprint density at radius 3 is 2.95 bits per heavy atom. The van der Waals surface area contributed by atoms with Gasteiger partial charge in [-0.15, -0.1) is 0 Å². The minimum Gasteiger partial charge on any atom is -0.491 e. The summed E-state index contributed by atoms with van der Waals surface area (Å²) in [6.45, 7) is 0.995. The molecule has 1 N–H and O–H groups in total. The van der Waals surface area contributed by atoms with Crippen molar-refractivity contribution in [2.75, 3.05) is 6.61 Å². The molecule has 1 aliphatic heterocycles. The van der Waals surface area contributed by atoms with Crippen molar-refractivity contribution in [1.29, 1.82) is 0 Å². The summed E-state index contributed by atoms with van der Waals surface area (Å²) in [4.78, 5) is 10.4. The Kier molecular flexibility index (Phi) is 3.77. The average Bonchev–Trinajstić information content (AvgIpc) is 2.89. The lowest BCUT2D eigenvalue weighted by Gasteiger charge is -2.12. The number of halogens is 1. The lowest BCUT2D eigenvalue weighted by atomic mass is 10.1. The van der Waals surface area contributed by atoms with Gasteiger partial charge in [-0.3, -0.25) is 10.1 Å². The van der Waals surface area contributed by atoms with Gasteiger partial charge in [-0.05, 0) is 17.7 Å². The molecule has 0 saturated heterocycles. The molecule has 0 spiro atoms. The second-order valence-corrected chi connectivity index (χ2v) is 5.22. The van der Waals surface area contributed by atoms with E-state index in [-0.39, 0.29) is 11.7 Å². The van der Waals surface area contributed by atoms with Crippen molar-refractivity contribution < 1.29 is 9.66 Å². The van der Waals surface area contributed by atoms with Crippen LogP contribution in [0.1, 0.15) is 17.2 Å². The predicted octanol–water partition coefficient (Wildman–Crippen LogP) is 3.47. The van der Waals surface area contributed by atoms with Crippen LogP contribution in [0, 0.1) is 10.1 Å². The molecular formula is C15H13ClN2O3. The summed E-state index contributed by atoms with van der Waals surface area (Å²) in [6.07, 6.45) is 0. The standard InChI is InChI=1S/C15H13ClN2O3/c16-13-6-5-11(18(19)20)7-10(13)8-17-14-9-21-15-4-2-1-3-12(14)15/h1-7,14,17H,8-9H2. The maximum absolute atomic E-state index is 10.8. The summed E-state index contributed by atoms with van der Waals surface area (Å²) < 4.78 is 5.59. The molecule has 0 saturated carbocycles. The fraction of sp³-hybridized carbons (Fsp3) is 0.200. The first kappa shape index (κ1) is 13.9. The van der Waals surface area contributed by atoms with Crippen molar-refractivity contribution in [3.63, 3.8) is 0 Å². The molecule has 0 bridgehead atoms. The summed E-state index contributed by atoms with van der Waals surface area (Å²) >= 11 is 6.09. The number of nitro benzene ring substituents is 1. The first-order valence-electron chi connectivity index (χ1n) is 6.53. The first-order chi connectivity index (χ1) is 10.1. The number of hydrogen-bond donors (Lipinski definition) is 1. The van der Waals surface area contributed by atoms with Gasteiger partial charge in [0.2, 0.25) is 0 Å². The normalized spacial score (nSPS) is 16.3. The van der Waals surface area contributed by atoms with Gasteiger partial charge < -0.3 is 10.1 Å². The Morgan fingerprint density at radius 2 is 2.14 bits per heavy atom. The van der Waals surface area contributed by atoms with Crippen LogP contribution < -0.4 is 10.1 Å². The van der Waals surface area contributed by atoms with Gasteiger partial charge in [0.05, 0.1) is 11.0 Å². The Morgan fingerprint density at radius 1 is 1.33 bits per heavy atom. The molecule has 108 valence electrons. The third-order valence-electron chi connectivity index (χ3n) is 3.48. The summed E-state index contributed by atoms with van der Waals surface area (Å²) in [5, 5.41) is 14.7. The topological polar surface area (TPSA) is 64.4 Å². The maximum atomic E-state index is 10.8. The van der Waals surface area contributed by atoms with Crippen molar-refractivity contribution in [2.45, 2.75) is 12.6 Å². The SMILES string of the molecule is O=[N+]([O-])c1ccc(Cl)c(CNC2COc3ccccc32)c1. The van der Waals surface area contributed by atoms with E-state index in [0.717, 1.165) is 11.3 Å². The highest BCUT2D eigenvalue weighted by Crippen LogP contribution is 2.32. The van der Waals surface area contributed by atoms with Crippen molar-refractivity contribution in [3.8, 4) is 5.75 Å². The molecule has 1 aliphatic rings. The van der Waals surface area contributed by atoms with Crippen molar-refractivity contribution >= 4 is 17.3 Å². The Balaban J connectivity index is 1.74. The molecule has 1 heterocycles. The highest BCUT2D eigenvalue weighted by Gasteiger charge is 2.23. The second-order valence-electron chi connectivity index (χ2n) is 4.82. The molecule has 0 fully saturated rings. The number of nitrogens with zero attached hydrogens (tertiary/aromatic N) is 1. The van der Waals surface area contributed by atoms with Gasteiger partial charge in [0.1, 0.15) is 12.4 Å². The van der Waals surface area contributed by atoms with Crippen LogP contribution in [0.4, 0.5) is 5.69 Å². The largest absolute Gasteiger partial charge is 0.491 e. The molecule has 2 aromatic rings. The van der Waals surface area contributed by atoms with Gasteiger partial charge in [0.15, 0.2) is 0 Å². The van der Waals surface area contributed by atoms with Crippen LogP contribution in [0.3, 0.4) is 0 Å². The van der Waals surface area contributed by atoms with Crippen LogP contribution in [-0.4, -0.2) is 11.5 Å². The van der Waals surface area contributed by atoms with E-state index in [9.17, 15) is 10.1 Å². The van der Waals surface area contributed by atoms with Gasteiger partial charge in [-0.1, -0.05) is 29.8 Å². The van der Waals surface area contributed by atoms with Crippen molar-refractivity contribution in [3.05, 3.63) is 68.7 Å². The van der Waals surface area contributed by atoms with E-state index in [1.165, 1.54) is 12.1 Å². The minimum absolute atomic E-state index is 0.0410. The van der Waals surface area contributed by atoms with Crippen LogP contribution >= 0.6 is 11.6 Å². The molecule has 5 nitrogen and oxygen atoms in total. The molecule has 6 heteroatoms. The fourth-order valence-corrected chi connectivity index (χ4v) is 2.56. The zero-order valence-corrected chi connectivity index (χ0v) is 11.8. The predicted molar refractivity (Wildman–Crippen MR) is 79.6 cm³/mol. The number of ether oxygens (including phenoxy) is 1. The van der Waals surface area contributed by atoms with E-state index in [2.05, 4.69) is 5.32 Å². The second kappa shape index (κ2) is 5.71. The van der Waals surface area contributed by atoms with Gasteiger partial charge in [-0.2, -0.15) is 0 Å². The van der Waals surface area contributed by atoms with Crippen LogP contribution in [0.25, 0.3) is 0 Å². The van der Waals surface area contributed by atoms with E-state index in [4.69, 9.17) is 16.3 Å². The number of nitrogens with one attached hydrogen (secondary N) is 1. The zero-order chi connectivity index (χ0) is 14.8. The number of non-ortho nitro benzene ring substituents is 1. The highest BCUT2D eigenvalue weighted by molar-refractivity contribution is 6.31. The third-order valence-corrected chi connectivity index (χ3v) is 3.85. The van der Waals surface area contributed by atoms with E-state index >= 15 is 0 Å². The number of hydrogen-bond acceptors (Lipinski definition) is 4. The highest BCUT2D eigenvalue weighted by atomic mass is 35.5. The van der Waals surface area contributed by atoms with E-state index in [1.807, 2.05) is 24.3 Å². The monoisotopic (exact) mass is 304 g/mol. The Hall–Kier alpha value is -2.11. The summed E-state index contributed by atoms with van der Waals surface area (Å²) in [6, 6.07) is 12.3. The molecule has 1 unspecified atom stereocenters. The Bertz CT molecular complexity index is 690. The van der Waals surface area contributed by atoms with Crippen LogP contribution in [-0.2, 0) is 6.54 Å². The van der Waals surface area contributed by atoms with E-state index < -0.39 is 4.92 Å². The maximum Gasteiger partial charge on any atom is 0.269 e. The van der Waals surface area contributed by atoms with Crippen LogP contribution in [0.2, 0.25) is 5.02 Å². The van der Waals surface area contributed by atoms with E-state index in [0.29, 0.717) is 23.7 Å². The van der Waals surface area contributed by atoms with Crippen LogP contribution in [0.15, 0.2) is 42.5 Å². The third kappa shape index (κ3) is 2.84. The molecule has 2 aromatic carbocycles. The summed E-state index contributed by atoms with van der Waals surface area (Å²) in [5.74, 6) is 0.875. The van der Waals surface area contributed by atoms with Crippen molar-refractivity contribution in [1.82, 2.24) is 5.32 Å². The lowest BCUT2D eigenvalue weighted by molar-refractivity contribution is -0.384. The molecule has 0 radical (unpaired) electrons. The first-order valence-corrected chi connectivity index (χ1v) is 6.91. The number of nitro groups is 1. The van der Waals surface area contributed by atoms with Crippen LogP contribution in [0.5, 0.6) is 5.75 Å². The number of rotatable bonds is 4. The molecule has 0 aliphatic carbocycles. The van der Waals surface area contributed by atoms with Gasteiger partial charge in [-0.25, -0.2) is 0 Å². The molecule has 1 atom stereocenters. The van der Waals surface area contributed by atoms with Gasteiger partial charge >= 0.3 is 0 Å². The number of fused-ring (bicyclic) bond motifs is 1. The molecule has 3 rings (SSSR count). The smallest absolute Gasteiger partial charge is 0.269 e. The van der Waals surface area contributed by atoms with Crippen molar-refractivity contribution in [2.24, 2.45) is 0 Å². The number of para-hydroxylation sites is 1. The number of benzene rings is 2. The summed E-state index contributed by atoms with van der Waals surface area (Å²) in [7, 11) is 0. The average molecular weight is 305 g/mol. The summed E-state index contributed by atoms with van der Waals surface area (Å²) in [5.41, 5.74) is 1.84. The molecule has 0 amide bonds. The van der Waals surface area contributed by atoms with E-state index in [1.54, 1.807) is 6.07 Å². The minimum atomic E-state index is -0.423.